The molecule has 4 aromatic carbocycles. The van der Waals surface area contributed by atoms with Crippen LogP contribution in [0.4, 0.5) is 5.82 Å². The van der Waals surface area contributed by atoms with Gasteiger partial charge in [0.15, 0.2) is 11.5 Å². The Labute approximate surface area is 355 Å². The summed E-state index contributed by atoms with van der Waals surface area (Å²) >= 11 is 3.52. The van der Waals surface area contributed by atoms with Gasteiger partial charge in [-0.25, -0.2) is 14.6 Å². The molecule has 310 valence electrons. The number of aliphatic imine (C=N–C) groups is 1. The Kier molecular flexibility index (Phi) is 13.3. The average Bonchev–Trinajstić information content (AvgIpc) is 3.81. The zero-order chi connectivity index (χ0) is 41.3. The number of anilines is 1. The third kappa shape index (κ3) is 9.78. The normalized spacial score (nSPS) is 14.1. The van der Waals surface area contributed by atoms with Crippen LogP contribution in [0.5, 0.6) is 23.1 Å². The number of hydrogen-bond donors (Lipinski definition) is 4. The number of aromatic nitrogens is 5. The smallest absolute Gasteiger partial charge is 0.199 e. The molecule has 1 fully saturated rings. The Morgan fingerprint density at radius 2 is 1.55 bits per heavy atom. The number of rotatable bonds is 18. The lowest BCUT2D eigenvalue weighted by Gasteiger charge is -2.32. The van der Waals surface area contributed by atoms with Gasteiger partial charge in [0.1, 0.15) is 35.1 Å². The number of ether oxygens (including phenoxy) is 4. The number of para-hydroxylation sites is 1. The lowest BCUT2D eigenvalue weighted by molar-refractivity contribution is 0.0103. The summed E-state index contributed by atoms with van der Waals surface area (Å²) in [6.07, 6.45) is 3.37. The molecule has 15 heteroatoms. The summed E-state index contributed by atoms with van der Waals surface area (Å²) in [6.45, 7) is 5.85. The van der Waals surface area contributed by atoms with E-state index in [-0.39, 0.29) is 17.7 Å². The molecule has 5 N–H and O–H groups in total. The SMILES string of the molecule is Nc1ncnc2c1c(-c1ccc(Oc3ccccc3)cc1)nn2C1CCN(CCOCCOCCOCCN=C(c2cccc(O)c2)c2c(O)[nH]c3ccc(Br)cc23)CC1. The number of piperidine rings is 1. The standard InChI is InChI=1S/C45H47BrN8O6/c46-32-11-14-38-37(28-32)39(45(56)51-38)41(31-5-4-6-34(55)27-31)48-17-21-57-23-25-59-26-24-58-22-20-53-18-15-33(16-19-53)54-44-40(43(47)49-29-50-44)42(52-54)30-9-12-36(13-10-30)60-35-7-2-1-3-8-35/h1-14,27-29,33,51,55-56H,15-26H2,(H2,47,49,50). The number of hydrogen-bond acceptors (Lipinski definition) is 12. The van der Waals surface area contributed by atoms with E-state index in [9.17, 15) is 10.2 Å². The molecule has 0 saturated carbocycles. The quantitative estimate of drug-likeness (QED) is 0.0490. The van der Waals surface area contributed by atoms with Gasteiger partial charge >= 0.3 is 0 Å². The van der Waals surface area contributed by atoms with Gasteiger partial charge in [0.25, 0.3) is 0 Å². The van der Waals surface area contributed by atoms with E-state index < -0.39 is 0 Å². The molecule has 4 heterocycles. The van der Waals surface area contributed by atoms with Crippen LogP contribution < -0.4 is 10.5 Å². The van der Waals surface area contributed by atoms with Crippen LogP contribution >= 0.6 is 15.9 Å². The monoisotopic (exact) mass is 874 g/mol. The second-order valence-electron chi connectivity index (χ2n) is 14.4. The zero-order valence-corrected chi connectivity index (χ0v) is 34.6. The number of nitrogens with one attached hydrogen (secondary N) is 1. The van der Waals surface area contributed by atoms with E-state index in [2.05, 4.69) is 35.8 Å². The Balaban J connectivity index is 0.744. The highest BCUT2D eigenvalue weighted by Crippen LogP contribution is 2.36. The second-order valence-corrected chi connectivity index (χ2v) is 15.3. The largest absolute Gasteiger partial charge is 0.508 e. The minimum absolute atomic E-state index is 0.0105. The van der Waals surface area contributed by atoms with E-state index in [1.165, 1.54) is 6.33 Å². The second kappa shape index (κ2) is 19.5. The molecule has 0 radical (unpaired) electrons. The van der Waals surface area contributed by atoms with Crippen LogP contribution in [0.25, 0.3) is 33.2 Å². The number of fused-ring (bicyclic) bond motifs is 2. The fourth-order valence-electron chi connectivity index (χ4n) is 7.46. The highest BCUT2D eigenvalue weighted by Gasteiger charge is 2.26. The molecule has 0 bridgehead atoms. The highest BCUT2D eigenvalue weighted by atomic mass is 79.9. The van der Waals surface area contributed by atoms with Crippen molar-refractivity contribution in [2.45, 2.75) is 18.9 Å². The zero-order valence-electron chi connectivity index (χ0n) is 33.0. The predicted octanol–water partition coefficient (Wildman–Crippen LogP) is 7.75. The van der Waals surface area contributed by atoms with Crippen LogP contribution in [-0.4, -0.2) is 111 Å². The Hall–Kier alpha value is -5.84. The molecule has 8 rings (SSSR count). The van der Waals surface area contributed by atoms with Crippen molar-refractivity contribution >= 4 is 49.4 Å². The van der Waals surface area contributed by atoms with Crippen LogP contribution in [0.1, 0.15) is 30.0 Å². The summed E-state index contributed by atoms with van der Waals surface area (Å²) < 4.78 is 26.3. The van der Waals surface area contributed by atoms with Crippen LogP contribution in [-0.2, 0) is 14.2 Å². The summed E-state index contributed by atoms with van der Waals surface area (Å²) in [6, 6.07) is 30.3. The Morgan fingerprint density at radius 3 is 2.32 bits per heavy atom. The van der Waals surface area contributed by atoms with Gasteiger partial charge in [-0.1, -0.05) is 46.3 Å². The molecule has 0 spiro atoms. The first-order chi connectivity index (χ1) is 29.4. The van der Waals surface area contributed by atoms with Crippen molar-refractivity contribution in [1.82, 2.24) is 29.6 Å². The molecule has 0 unspecified atom stereocenters. The molecule has 14 nitrogen and oxygen atoms in total. The van der Waals surface area contributed by atoms with Crippen molar-refractivity contribution in [2.24, 2.45) is 4.99 Å². The molecule has 1 aliphatic rings. The maximum Gasteiger partial charge on any atom is 0.199 e. The predicted molar refractivity (Wildman–Crippen MR) is 235 cm³/mol. The first kappa shape index (κ1) is 40.9. The van der Waals surface area contributed by atoms with Gasteiger partial charge in [-0.3, -0.25) is 4.99 Å². The first-order valence-corrected chi connectivity index (χ1v) is 20.8. The Bertz CT molecular complexity index is 2540. The fraction of sp³-hybridized carbons (Fsp3) is 0.289. The van der Waals surface area contributed by atoms with Crippen LogP contribution in [0.2, 0.25) is 0 Å². The number of likely N-dealkylation sites (tertiary alicyclic amines) is 1. The van der Waals surface area contributed by atoms with Crippen LogP contribution in [0, 0.1) is 0 Å². The van der Waals surface area contributed by atoms with Crippen molar-refractivity contribution in [3.63, 3.8) is 0 Å². The number of nitrogens with zero attached hydrogens (tertiary/aromatic N) is 6. The number of H-pyrrole nitrogens is 1. The van der Waals surface area contributed by atoms with E-state index in [4.69, 9.17) is 34.8 Å². The topological polar surface area (TPSA) is 178 Å². The minimum Gasteiger partial charge on any atom is -0.508 e. The number of halogens is 1. The van der Waals surface area contributed by atoms with E-state index in [0.717, 1.165) is 81.6 Å². The number of aromatic hydroxyl groups is 2. The van der Waals surface area contributed by atoms with Crippen molar-refractivity contribution < 1.29 is 29.2 Å². The average molecular weight is 876 g/mol. The molecule has 60 heavy (non-hydrogen) atoms. The molecule has 0 aliphatic carbocycles. The van der Waals surface area contributed by atoms with Gasteiger partial charge in [0.2, 0.25) is 0 Å². The maximum atomic E-state index is 10.8. The summed E-state index contributed by atoms with van der Waals surface area (Å²) in [5.41, 5.74) is 11.4. The number of phenols is 1. The van der Waals surface area contributed by atoms with E-state index in [1.807, 2.05) is 83.5 Å². The molecular weight excluding hydrogens is 828 g/mol. The van der Waals surface area contributed by atoms with Gasteiger partial charge in [-0.05, 0) is 79.6 Å². The van der Waals surface area contributed by atoms with Gasteiger partial charge < -0.3 is 44.8 Å². The molecule has 1 saturated heterocycles. The number of benzene rings is 4. The van der Waals surface area contributed by atoms with Crippen molar-refractivity contribution in [1.29, 1.82) is 0 Å². The maximum absolute atomic E-state index is 10.8. The summed E-state index contributed by atoms with van der Waals surface area (Å²) in [4.78, 5) is 19.1. The number of aromatic amines is 1. The summed E-state index contributed by atoms with van der Waals surface area (Å²) in [5, 5.41) is 27.6. The van der Waals surface area contributed by atoms with Gasteiger partial charge in [-0.15, -0.1) is 0 Å². The van der Waals surface area contributed by atoms with Gasteiger partial charge in [0, 0.05) is 46.1 Å². The van der Waals surface area contributed by atoms with Crippen LogP contribution in [0.3, 0.4) is 0 Å². The van der Waals surface area contributed by atoms with Crippen molar-refractivity contribution in [2.75, 3.05) is 71.6 Å². The lowest BCUT2D eigenvalue weighted by Crippen LogP contribution is -2.37. The molecule has 7 aromatic rings. The highest BCUT2D eigenvalue weighted by molar-refractivity contribution is 9.10. The molecule has 1 aliphatic heterocycles. The third-order valence-electron chi connectivity index (χ3n) is 10.4. The summed E-state index contributed by atoms with van der Waals surface area (Å²) in [7, 11) is 0. The lowest BCUT2D eigenvalue weighted by atomic mass is 10.0. The van der Waals surface area contributed by atoms with E-state index >= 15 is 0 Å². The van der Waals surface area contributed by atoms with Crippen LogP contribution in [0.15, 0.2) is 113 Å². The molecular formula is C45H47BrN8O6. The van der Waals surface area contributed by atoms with Crippen molar-refractivity contribution in [3.05, 3.63) is 119 Å². The number of nitrogen functional groups attached to an aromatic ring is 1. The van der Waals surface area contributed by atoms with Gasteiger partial charge in [0.05, 0.1) is 68.9 Å². The Morgan fingerprint density at radius 1 is 0.817 bits per heavy atom. The molecule has 0 amide bonds. The van der Waals surface area contributed by atoms with E-state index in [1.54, 1.807) is 18.2 Å². The first-order valence-electron chi connectivity index (χ1n) is 20.0. The summed E-state index contributed by atoms with van der Waals surface area (Å²) in [5.74, 6) is 2.06. The fourth-order valence-corrected chi connectivity index (χ4v) is 7.82. The molecule has 3 aromatic heterocycles. The van der Waals surface area contributed by atoms with Gasteiger partial charge in [-0.2, -0.15) is 5.10 Å². The third-order valence-corrected chi connectivity index (χ3v) is 10.9. The van der Waals surface area contributed by atoms with Crippen molar-refractivity contribution in [3.8, 4) is 34.4 Å². The van der Waals surface area contributed by atoms with E-state index in [0.29, 0.717) is 68.8 Å². The number of nitrogens with two attached hydrogens (primary N) is 1. The number of phenolic OH excluding ortho intramolecular Hbond substituents is 1. The minimum atomic E-state index is 0.0105. The molecule has 0 atom stereocenters.